The summed E-state index contributed by atoms with van der Waals surface area (Å²) in [5.74, 6) is 0. The fourth-order valence-electron chi connectivity index (χ4n) is 3.85. The fraction of sp³-hybridized carbons (Fsp3) is 0.812. The number of likely N-dealkylation sites (tertiary alicyclic amines) is 1. The molecule has 2 aliphatic heterocycles. The van der Waals surface area contributed by atoms with Crippen LogP contribution in [-0.4, -0.2) is 65.5 Å². The molecule has 118 valence electrons. The van der Waals surface area contributed by atoms with E-state index in [9.17, 15) is 0 Å². The second kappa shape index (κ2) is 6.46. The van der Waals surface area contributed by atoms with Crippen molar-refractivity contribution in [2.75, 3.05) is 45.9 Å². The van der Waals surface area contributed by atoms with Gasteiger partial charge in [0.25, 0.3) is 0 Å². The van der Waals surface area contributed by atoms with Crippen molar-refractivity contribution >= 4 is 0 Å². The van der Waals surface area contributed by atoms with E-state index in [4.69, 9.17) is 4.74 Å². The predicted octanol–water partition coefficient (Wildman–Crippen LogP) is 1.35. The lowest BCUT2D eigenvalue weighted by atomic mass is 9.80. The van der Waals surface area contributed by atoms with Crippen LogP contribution in [0.3, 0.4) is 0 Å². The Morgan fingerprint density at radius 1 is 1.29 bits per heavy atom. The van der Waals surface area contributed by atoms with Crippen LogP contribution in [-0.2, 0) is 18.3 Å². The zero-order chi connectivity index (χ0) is 14.7. The van der Waals surface area contributed by atoms with Crippen LogP contribution >= 0.6 is 0 Å². The third-order valence-corrected chi connectivity index (χ3v) is 4.87. The van der Waals surface area contributed by atoms with E-state index in [2.05, 4.69) is 28.0 Å². The summed E-state index contributed by atoms with van der Waals surface area (Å²) in [6.07, 6.45) is 6.70. The summed E-state index contributed by atoms with van der Waals surface area (Å²) < 4.78 is 7.83. The van der Waals surface area contributed by atoms with E-state index in [0.717, 1.165) is 39.4 Å². The van der Waals surface area contributed by atoms with Crippen molar-refractivity contribution in [3.8, 4) is 0 Å². The van der Waals surface area contributed by atoms with Gasteiger partial charge in [-0.1, -0.05) is 6.92 Å². The van der Waals surface area contributed by atoms with Crippen LogP contribution in [0, 0.1) is 5.41 Å². The van der Waals surface area contributed by atoms with Crippen molar-refractivity contribution in [3.05, 3.63) is 18.0 Å². The maximum Gasteiger partial charge on any atom is 0.0593 e. The monoisotopic (exact) mass is 292 g/mol. The predicted molar refractivity (Wildman–Crippen MR) is 83.1 cm³/mol. The van der Waals surface area contributed by atoms with Gasteiger partial charge in [-0.05, 0) is 25.9 Å². The lowest BCUT2D eigenvalue weighted by molar-refractivity contribution is 0.00333. The normalized spacial score (nSPS) is 28.9. The zero-order valence-corrected chi connectivity index (χ0v) is 13.4. The molecule has 5 nitrogen and oxygen atoms in total. The first-order valence-corrected chi connectivity index (χ1v) is 8.19. The number of likely N-dealkylation sites (N-methyl/N-ethyl adjacent to an activating group) is 1. The quantitative estimate of drug-likeness (QED) is 0.842. The van der Waals surface area contributed by atoms with E-state index < -0.39 is 0 Å². The van der Waals surface area contributed by atoms with Crippen LogP contribution in [0.15, 0.2) is 12.4 Å². The Hall–Kier alpha value is -0.910. The molecule has 0 amide bonds. The number of nitrogens with zero attached hydrogens (tertiary/aromatic N) is 4. The molecule has 3 heterocycles. The molecule has 2 saturated heterocycles. The number of aromatic nitrogens is 2. The number of hydrogen-bond acceptors (Lipinski definition) is 4. The third kappa shape index (κ3) is 3.65. The highest BCUT2D eigenvalue weighted by atomic mass is 16.5. The SMILES string of the molecule is CCN1CCOC[C@]2(CCCN(Cc3cnn(C)c3)C2)C1. The average Bonchev–Trinajstić information content (AvgIpc) is 2.77. The van der Waals surface area contributed by atoms with Crippen LogP contribution in [0.25, 0.3) is 0 Å². The van der Waals surface area contributed by atoms with Crippen molar-refractivity contribution in [2.45, 2.75) is 26.3 Å². The molecule has 0 aromatic carbocycles. The van der Waals surface area contributed by atoms with Crippen LogP contribution in [0.2, 0.25) is 0 Å². The lowest BCUT2D eigenvalue weighted by Gasteiger charge is -2.43. The fourth-order valence-corrected chi connectivity index (χ4v) is 3.85. The smallest absolute Gasteiger partial charge is 0.0593 e. The van der Waals surface area contributed by atoms with E-state index in [0.29, 0.717) is 5.41 Å². The summed E-state index contributed by atoms with van der Waals surface area (Å²) in [7, 11) is 1.99. The first kappa shape index (κ1) is 15.0. The molecule has 0 bridgehead atoms. The summed E-state index contributed by atoms with van der Waals surface area (Å²) in [6, 6.07) is 0. The third-order valence-electron chi connectivity index (χ3n) is 4.87. The second-order valence-electron chi connectivity index (χ2n) is 6.76. The highest BCUT2D eigenvalue weighted by Gasteiger charge is 2.38. The summed E-state index contributed by atoms with van der Waals surface area (Å²) >= 11 is 0. The topological polar surface area (TPSA) is 33.5 Å². The Bertz CT molecular complexity index is 461. The maximum absolute atomic E-state index is 5.94. The lowest BCUT2D eigenvalue weighted by Crippen LogP contribution is -2.50. The molecule has 0 aliphatic carbocycles. The Balaban J connectivity index is 1.66. The van der Waals surface area contributed by atoms with E-state index in [-0.39, 0.29) is 0 Å². The first-order valence-electron chi connectivity index (χ1n) is 8.19. The number of aryl methyl sites for hydroxylation is 1. The molecule has 5 heteroatoms. The largest absolute Gasteiger partial charge is 0.379 e. The summed E-state index contributed by atoms with van der Waals surface area (Å²) in [4.78, 5) is 5.14. The van der Waals surface area contributed by atoms with Crippen LogP contribution in [0.4, 0.5) is 0 Å². The molecule has 0 unspecified atom stereocenters. The molecule has 21 heavy (non-hydrogen) atoms. The van der Waals surface area contributed by atoms with Crippen molar-refractivity contribution in [1.29, 1.82) is 0 Å². The minimum absolute atomic E-state index is 0.326. The Kier molecular flexibility index (Phi) is 4.62. The number of piperidine rings is 1. The van der Waals surface area contributed by atoms with Crippen LogP contribution in [0.1, 0.15) is 25.3 Å². The highest BCUT2D eigenvalue weighted by Crippen LogP contribution is 2.33. The summed E-state index contributed by atoms with van der Waals surface area (Å²) in [6.45, 7) is 10.8. The minimum atomic E-state index is 0.326. The van der Waals surface area contributed by atoms with Crippen LogP contribution in [0.5, 0.6) is 0 Å². The first-order chi connectivity index (χ1) is 10.2. The molecule has 0 N–H and O–H groups in total. The number of hydrogen-bond donors (Lipinski definition) is 0. The van der Waals surface area contributed by atoms with Crippen molar-refractivity contribution in [1.82, 2.24) is 19.6 Å². The molecule has 0 saturated carbocycles. The van der Waals surface area contributed by atoms with Crippen molar-refractivity contribution in [3.63, 3.8) is 0 Å². The van der Waals surface area contributed by atoms with Gasteiger partial charge in [0.1, 0.15) is 0 Å². The van der Waals surface area contributed by atoms with Gasteiger partial charge in [0.2, 0.25) is 0 Å². The molecule has 1 atom stereocenters. The Labute approximate surface area is 127 Å². The molecule has 2 fully saturated rings. The Morgan fingerprint density at radius 2 is 2.14 bits per heavy atom. The van der Waals surface area contributed by atoms with Gasteiger partial charge in [-0.2, -0.15) is 5.10 Å². The van der Waals surface area contributed by atoms with Crippen LogP contribution < -0.4 is 0 Å². The highest BCUT2D eigenvalue weighted by molar-refractivity contribution is 5.04. The van der Waals surface area contributed by atoms with E-state index in [1.165, 1.54) is 31.5 Å². The molecule has 3 rings (SSSR count). The van der Waals surface area contributed by atoms with E-state index in [1.54, 1.807) is 0 Å². The molecule has 1 aromatic rings. The van der Waals surface area contributed by atoms with Gasteiger partial charge in [0.15, 0.2) is 0 Å². The standard InChI is InChI=1S/C16H28N4O/c1-3-19-7-8-21-14-16(12-19)5-4-6-20(13-16)11-15-9-17-18(2)10-15/h9-10H,3-8,11-14H2,1-2H3/t16-/m1/s1. The Morgan fingerprint density at radius 3 is 2.90 bits per heavy atom. The maximum atomic E-state index is 5.94. The average molecular weight is 292 g/mol. The summed E-state index contributed by atoms with van der Waals surface area (Å²) in [5, 5.41) is 4.28. The molecular formula is C16H28N4O. The van der Waals surface area contributed by atoms with Crippen molar-refractivity contribution < 1.29 is 4.74 Å². The van der Waals surface area contributed by atoms with Gasteiger partial charge in [0, 0.05) is 50.4 Å². The molecule has 2 aliphatic rings. The molecular weight excluding hydrogens is 264 g/mol. The molecule has 1 aromatic heterocycles. The number of ether oxygens (including phenoxy) is 1. The van der Waals surface area contributed by atoms with E-state index in [1.807, 2.05) is 17.9 Å². The minimum Gasteiger partial charge on any atom is -0.379 e. The van der Waals surface area contributed by atoms with Crippen molar-refractivity contribution in [2.24, 2.45) is 12.5 Å². The molecule has 1 spiro atoms. The van der Waals surface area contributed by atoms with Gasteiger partial charge in [-0.15, -0.1) is 0 Å². The van der Waals surface area contributed by atoms with Gasteiger partial charge < -0.3 is 9.64 Å². The number of rotatable bonds is 3. The second-order valence-corrected chi connectivity index (χ2v) is 6.76. The van der Waals surface area contributed by atoms with Gasteiger partial charge >= 0.3 is 0 Å². The molecule has 0 radical (unpaired) electrons. The van der Waals surface area contributed by atoms with Gasteiger partial charge in [-0.25, -0.2) is 0 Å². The summed E-state index contributed by atoms with van der Waals surface area (Å²) in [5.41, 5.74) is 1.64. The van der Waals surface area contributed by atoms with Gasteiger partial charge in [0.05, 0.1) is 19.4 Å². The zero-order valence-electron chi connectivity index (χ0n) is 13.4. The van der Waals surface area contributed by atoms with Gasteiger partial charge in [-0.3, -0.25) is 9.58 Å². The van der Waals surface area contributed by atoms with E-state index >= 15 is 0 Å².